The van der Waals surface area contributed by atoms with Crippen LogP contribution in [-0.4, -0.2) is 86.9 Å². The van der Waals surface area contributed by atoms with E-state index in [1.165, 1.54) is 12.5 Å². The van der Waals surface area contributed by atoms with Gasteiger partial charge in [0.2, 0.25) is 11.8 Å². The highest BCUT2D eigenvalue weighted by molar-refractivity contribution is 7.91. The molecule has 2 amide bonds. The molecule has 2 atom stereocenters. The monoisotopic (exact) mass is 542 g/mol. The van der Waals surface area contributed by atoms with Gasteiger partial charge in [-0.05, 0) is 37.1 Å². The first kappa shape index (κ1) is 26.4. The van der Waals surface area contributed by atoms with Crippen LogP contribution in [0.1, 0.15) is 24.4 Å². The van der Waals surface area contributed by atoms with E-state index in [1.807, 2.05) is 0 Å². The summed E-state index contributed by atoms with van der Waals surface area (Å²) in [5.74, 6) is -0.142. The normalized spacial score (nSPS) is 22.7. The van der Waals surface area contributed by atoms with Gasteiger partial charge in [-0.1, -0.05) is 0 Å². The Morgan fingerprint density at radius 1 is 0.778 bits per heavy atom. The van der Waals surface area contributed by atoms with Crippen LogP contribution in [0.4, 0.5) is 0 Å². The molecule has 0 aromatic carbocycles. The molecule has 4 heterocycles. The summed E-state index contributed by atoms with van der Waals surface area (Å²) in [7, 11) is -6.64. The molecule has 0 radical (unpaired) electrons. The van der Waals surface area contributed by atoms with Gasteiger partial charge in [0.1, 0.15) is 11.5 Å². The molecule has 2 aliphatic rings. The zero-order valence-corrected chi connectivity index (χ0v) is 21.3. The summed E-state index contributed by atoms with van der Waals surface area (Å²) in [5, 5.41) is 8.61. The van der Waals surface area contributed by atoms with E-state index in [-0.39, 0.29) is 62.0 Å². The summed E-state index contributed by atoms with van der Waals surface area (Å²) < 4.78 is 59.6. The number of nitrogens with one attached hydrogen (secondary N) is 2. The van der Waals surface area contributed by atoms with Crippen molar-refractivity contribution in [3.63, 3.8) is 0 Å². The standard InChI is InChI=1S/C22H30N4O8S2/c27-21(23-11-19-3-1-7-33-19)13-25(17-5-9-35(29,30)15-17)26(18-6-10-36(31,32)16-18)14-22(28)24-12-20-4-2-8-34-20/h1-4,7-8,17-18H,5-6,9-16H2,(H,23,27)(H,24,28). The molecule has 36 heavy (non-hydrogen) atoms. The van der Waals surface area contributed by atoms with Crippen LogP contribution in [0.2, 0.25) is 0 Å². The van der Waals surface area contributed by atoms with Gasteiger partial charge in [-0.15, -0.1) is 0 Å². The van der Waals surface area contributed by atoms with Gasteiger partial charge >= 0.3 is 0 Å². The van der Waals surface area contributed by atoms with Crippen molar-refractivity contribution in [3.05, 3.63) is 48.3 Å². The second-order valence-corrected chi connectivity index (χ2v) is 13.5. The third-order valence-corrected chi connectivity index (χ3v) is 9.78. The molecule has 2 unspecified atom stereocenters. The van der Waals surface area contributed by atoms with E-state index in [4.69, 9.17) is 8.83 Å². The highest BCUT2D eigenvalue weighted by Gasteiger charge is 2.42. The Morgan fingerprint density at radius 2 is 1.19 bits per heavy atom. The van der Waals surface area contributed by atoms with Gasteiger partial charge in [0, 0.05) is 12.1 Å². The van der Waals surface area contributed by atoms with E-state index in [2.05, 4.69) is 10.6 Å². The van der Waals surface area contributed by atoms with Gasteiger partial charge in [-0.3, -0.25) is 9.59 Å². The summed E-state index contributed by atoms with van der Waals surface area (Å²) in [6, 6.07) is 5.68. The van der Waals surface area contributed by atoms with Crippen LogP contribution in [0.15, 0.2) is 45.6 Å². The van der Waals surface area contributed by atoms with Crippen LogP contribution in [-0.2, 0) is 42.4 Å². The lowest BCUT2D eigenvalue weighted by atomic mass is 10.2. The molecule has 2 saturated heterocycles. The van der Waals surface area contributed by atoms with E-state index in [9.17, 15) is 26.4 Å². The summed E-state index contributed by atoms with van der Waals surface area (Å²) in [5.41, 5.74) is 0. The van der Waals surface area contributed by atoms with Crippen LogP contribution >= 0.6 is 0 Å². The van der Waals surface area contributed by atoms with Gasteiger partial charge in [0.25, 0.3) is 0 Å². The number of hydrogen-bond donors (Lipinski definition) is 2. The topological polar surface area (TPSA) is 159 Å². The molecule has 0 aliphatic carbocycles. The van der Waals surface area contributed by atoms with Crippen molar-refractivity contribution in [2.75, 3.05) is 36.1 Å². The average Bonchev–Trinajstić information content (AvgIpc) is 3.61. The van der Waals surface area contributed by atoms with Gasteiger partial charge < -0.3 is 19.5 Å². The van der Waals surface area contributed by atoms with E-state index in [1.54, 1.807) is 34.3 Å². The molecule has 198 valence electrons. The maximum Gasteiger partial charge on any atom is 0.236 e. The first-order valence-corrected chi connectivity index (χ1v) is 15.3. The number of nitrogens with zero attached hydrogens (tertiary/aromatic N) is 2. The number of furan rings is 2. The van der Waals surface area contributed by atoms with E-state index in [0.717, 1.165) is 0 Å². The van der Waals surface area contributed by atoms with Crippen molar-refractivity contribution >= 4 is 31.5 Å². The Labute approximate surface area is 209 Å². The Balaban J connectivity index is 1.53. The minimum absolute atomic E-state index is 0.0380. The third-order valence-electron chi connectivity index (χ3n) is 6.28. The minimum atomic E-state index is -3.32. The summed E-state index contributed by atoms with van der Waals surface area (Å²) >= 11 is 0. The lowest BCUT2D eigenvalue weighted by molar-refractivity contribution is -0.143. The molecule has 0 bridgehead atoms. The van der Waals surface area contributed by atoms with E-state index in [0.29, 0.717) is 11.5 Å². The number of carbonyl (C=O) groups excluding carboxylic acids is 2. The average molecular weight is 543 g/mol. The molecule has 0 spiro atoms. The quantitative estimate of drug-likeness (QED) is 0.361. The second kappa shape index (κ2) is 11.2. The maximum absolute atomic E-state index is 12.9. The fourth-order valence-electron chi connectivity index (χ4n) is 4.48. The Bertz CT molecular complexity index is 1140. The predicted octanol–water partition coefficient (Wildman–Crippen LogP) is -0.302. The maximum atomic E-state index is 12.9. The summed E-state index contributed by atoms with van der Waals surface area (Å²) in [6.45, 7) is -0.181. The molecule has 14 heteroatoms. The van der Waals surface area contributed by atoms with Crippen LogP contribution in [0.25, 0.3) is 0 Å². The smallest absolute Gasteiger partial charge is 0.236 e. The van der Waals surface area contributed by atoms with Crippen LogP contribution in [0, 0.1) is 0 Å². The van der Waals surface area contributed by atoms with Crippen molar-refractivity contribution < 1.29 is 35.3 Å². The van der Waals surface area contributed by atoms with Crippen LogP contribution < -0.4 is 10.6 Å². The highest BCUT2D eigenvalue weighted by Crippen LogP contribution is 2.25. The lowest BCUT2D eigenvalue weighted by Gasteiger charge is -2.41. The molecule has 4 rings (SSSR count). The molecular weight excluding hydrogens is 512 g/mol. The van der Waals surface area contributed by atoms with Crippen molar-refractivity contribution in [2.24, 2.45) is 0 Å². The third kappa shape index (κ3) is 7.18. The van der Waals surface area contributed by atoms with Crippen molar-refractivity contribution in [2.45, 2.75) is 38.0 Å². The van der Waals surface area contributed by atoms with Crippen molar-refractivity contribution in [1.29, 1.82) is 0 Å². The van der Waals surface area contributed by atoms with E-state index >= 15 is 0 Å². The zero-order chi connectivity index (χ0) is 25.8. The number of sulfone groups is 2. The number of carbonyl (C=O) groups is 2. The number of hydrazine groups is 1. The Hall–Kier alpha value is -2.68. The van der Waals surface area contributed by atoms with Gasteiger partial charge in [0.05, 0.1) is 61.7 Å². The molecular formula is C22H30N4O8S2. The zero-order valence-electron chi connectivity index (χ0n) is 19.7. The predicted molar refractivity (Wildman–Crippen MR) is 129 cm³/mol. The Kier molecular flexibility index (Phi) is 8.17. The first-order valence-electron chi connectivity index (χ1n) is 11.6. The highest BCUT2D eigenvalue weighted by atomic mass is 32.2. The fourth-order valence-corrected chi connectivity index (χ4v) is 7.93. The fraction of sp³-hybridized carbons (Fsp3) is 0.545. The number of rotatable bonds is 11. The number of amides is 2. The van der Waals surface area contributed by atoms with E-state index < -0.39 is 43.6 Å². The van der Waals surface area contributed by atoms with Crippen LogP contribution in [0.5, 0.6) is 0 Å². The molecule has 2 aromatic rings. The van der Waals surface area contributed by atoms with Gasteiger partial charge in [-0.25, -0.2) is 26.9 Å². The molecule has 12 nitrogen and oxygen atoms in total. The SMILES string of the molecule is O=C(CN(C1CCS(=O)(=O)C1)N(CC(=O)NCc1ccco1)C1CCS(=O)(=O)C1)NCc1ccco1. The van der Waals surface area contributed by atoms with Gasteiger partial charge in [-0.2, -0.15) is 0 Å². The molecule has 0 saturated carbocycles. The molecule has 2 aliphatic heterocycles. The Morgan fingerprint density at radius 3 is 1.50 bits per heavy atom. The van der Waals surface area contributed by atoms with Gasteiger partial charge in [0.15, 0.2) is 19.7 Å². The number of hydrogen-bond acceptors (Lipinski definition) is 10. The van der Waals surface area contributed by atoms with Crippen LogP contribution in [0.3, 0.4) is 0 Å². The molecule has 2 aromatic heterocycles. The lowest BCUT2D eigenvalue weighted by Crippen LogP contribution is -2.59. The second-order valence-electron chi connectivity index (χ2n) is 9.02. The largest absolute Gasteiger partial charge is 0.467 e. The molecule has 2 N–H and O–H groups in total. The van der Waals surface area contributed by atoms with Crippen molar-refractivity contribution in [3.8, 4) is 0 Å². The van der Waals surface area contributed by atoms with Crippen molar-refractivity contribution in [1.82, 2.24) is 20.7 Å². The molecule has 2 fully saturated rings. The minimum Gasteiger partial charge on any atom is -0.467 e. The first-order chi connectivity index (χ1) is 17.1. The summed E-state index contributed by atoms with van der Waals surface area (Å²) in [6.07, 6.45) is 3.52. The summed E-state index contributed by atoms with van der Waals surface area (Å²) in [4.78, 5) is 25.8.